The number of phenols is 1. The first-order chi connectivity index (χ1) is 9.06. The maximum Gasteiger partial charge on any atom is 0.275 e. The third-order valence-electron chi connectivity index (χ3n) is 2.32. The number of nitrogens with one attached hydrogen (secondary N) is 1. The zero-order valence-electron chi connectivity index (χ0n) is 10.1. The molecule has 1 aromatic carbocycles. The second-order valence-corrected chi connectivity index (χ2v) is 4.25. The number of benzene rings is 1. The SMILES string of the molecule is Cc1ccc(C=NNC(=O)c2ccc(Cl)cc2O)o1. The van der Waals surface area contributed by atoms with Crippen molar-refractivity contribution in [2.45, 2.75) is 6.92 Å². The Bertz CT molecular complexity index is 635. The van der Waals surface area contributed by atoms with Crippen molar-refractivity contribution >= 4 is 23.7 Å². The van der Waals surface area contributed by atoms with Crippen LogP contribution >= 0.6 is 11.6 Å². The van der Waals surface area contributed by atoms with E-state index in [0.29, 0.717) is 10.8 Å². The highest BCUT2D eigenvalue weighted by Crippen LogP contribution is 2.21. The van der Waals surface area contributed by atoms with E-state index in [2.05, 4.69) is 10.5 Å². The molecule has 0 saturated carbocycles. The highest BCUT2D eigenvalue weighted by Gasteiger charge is 2.10. The van der Waals surface area contributed by atoms with Gasteiger partial charge >= 0.3 is 0 Å². The van der Waals surface area contributed by atoms with Gasteiger partial charge in [-0.1, -0.05) is 11.6 Å². The number of phenolic OH excluding ortho intramolecular Hbond substituents is 1. The van der Waals surface area contributed by atoms with Gasteiger partial charge in [0, 0.05) is 5.02 Å². The Morgan fingerprint density at radius 2 is 2.21 bits per heavy atom. The molecule has 0 aliphatic heterocycles. The standard InChI is InChI=1S/C13H11ClN2O3/c1-8-2-4-10(19-8)7-15-16-13(18)11-5-3-9(14)6-12(11)17/h2-7,17H,1H3,(H,16,18). The van der Waals surface area contributed by atoms with Crippen LogP contribution in [0.3, 0.4) is 0 Å². The zero-order valence-corrected chi connectivity index (χ0v) is 10.8. The molecule has 0 aliphatic rings. The summed E-state index contributed by atoms with van der Waals surface area (Å²) < 4.78 is 5.24. The molecule has 98 valence electrons. The molecule has 6 heteroatoms. The summed E-state index contributed by atoms with van der Waals surface area (Å²) in [6.45, 7) is 1.81. The minimum absolute atomic E-state index is 0.0946. The second kappa shape index (κ2) is 5.58. The molecule has 0 atom stereocenters. The van der Waals surface area contributed by atoms with E-state index < -0.39 is 5.91 Å². The number of nitrogens with zero attached hydrogens (tertiary/aromatic N) is 1. The topological polar surface area (TPSA) is 74.8 Å². The molecule has 5 nitrogen and oxygen atoms in total. The summed E-state index contributed by atoms with van der Waals surface area (Å²) in [7, 11) is 0. The predicted octanol–water partition coefficient (Wildman–Crippen LogP) is 2.71. The predicted molar refractivity (Wildman–Crippen MR) is 71.6 cm³/mol. The van der Waals surface area contributed by atoms with Crippen molar-refractivity contribution in [1.29, 1.82) is 0 Å². The number of carbonyl (C=O) groups is 1. The summed E-state index contributed by atoms with van der Waals surface area (Å²) >= 11 is 5.67. The smallest absolute Gasteiger partial charge is 0.275 e. The number of amides is 1. The highest BCUT2D eigenvalue weighted by molar-refractivity contribution is 6.30. The first-order valence-electron chi connectivity index (χ1n) is 5.44. The van der Waals surface area contributed by atoms with E-state index >= 15 is 0 Å². The maximum absolute atomic E-state index is 11.7. The van der Waals surface area contributed by atoms with E-state index in [-0.39, 0.29) is 11.3 Å². The Labute approximate surface area is 114 Å². The Hall–Kier alpha value is -2.27. The summed E-state index contributed by atoms with van der Waals surface area (Å²) in [5.41, 5.74) is 2.38. The Balaban J connectivity index is 2.03. The lowest BCUT2D eigenvalue weighted by Crippen LogP contribution is -2.17. The van der Waals surface area contributed by atoms with Crippen LogP contribution in [0.25, 0.3) is 0 Å². The number of aromatic hydroxyl groups is 1. The van der Waals surface area contributed by atoms with Crippen LogP contribution in [0.2, 0.25) is 5.02 Å². The van der Waals surface area contributed by atoms with Gasteiger partial charge in [0.1, 0.15) is 17.3 Å². The monoisotopic (exact) mass is 278 g/mol. The van der Waals surface area contributed by atoms with Crippen LogP contribution in [-0.4, -0.2) is 17.2 Å². The molecule has 0 aliphatic carbocycles. The zero-order chi connectivity index (χ0) is 13.8. The largest absolute Gasteiger partial charge is 0.507 e. The van der Waals surface area contributed by atoms with Crippen LogP contribution in [0.4, 0.5) is 0 Å². The molecule has 0 radical (unpaired) electrons. The second-order valence-electron chi connectivity index (χ2n) is 3.81. The molecule has 0 bridgehead atoms. The number of carbonyl (C=O) groups excluding carboxylic acids is 1. The van der Waals surface area contributed by atoms with Gasteiger partial charge in [-0.05, 0) is 37.3 Å². The van der Waals surface area contributed by atoms with Gasteiger partial charge in [0.25, 0.3) is 5.91 Å². The van der Waals surface area contributed by atoms with E-state index in [0.717, 1.165) is 5.76 Å². The molecule has 2 rings (SSSR count). The van der Waals surface area contributed by atoms with Gasteiger partial charge in [-0.2, -0.15) is 5.10 Å². The molecule has 0 spiro atoms. The summed E-state index contributed by atoms with van der Waals surface area (Å²) in [4.78, 5) is 11.7. The van der Waals surface area contributed by atoms with E-state index in [1.54, 1.807) is 12.1 Å². The minimum Gasteiger partial charge on any atom is -0.507 e. The summed E-state index contributed by atoms with van der Waals surface area (Å²) in [5, 5.41) is 13.6. The number of rotatable bonds is 3. The number of hydrazone groups is 1. The number of aryl methyl sites for hydroxylation is 1. The quantitative estimate of drug-likeness (QED) is 0.669. The number of hydrogen-bond acceptors (Lipinski definition) is 4. The third kappa shape index (κ3) is 3.35. The van der Waals surface area contributed by atoms with Crippen LogP contribution in [0.5, 0.6) is 5.75 Å². The normalized spacial score (nSPS) is 10.8. The number of hydrogen-bond donors (Lipinski definition) is 2. The Kier molecular flexibility index (Phi) is 3.87. The number of halogens is 1. The molecule has 1 amide bonds. The van der Waals surface area contributed by atoms with Gasteiger partial charge in [-0.15, -0.1) is 0 Å². The molecule has 0 unspecified atom stereocenters. The molecule has 19 heavy (non-hydrogen) atoms. The van der Waals surface area contributed by atoms with Gasteiger partial charge in [0.2, 0.25) is 0 Å². The molecular formula is C13H11ClN2O3. The highest BCUT2D eigenvalue weighted by atomic mass is 35.5. The van der Waals surface area contributed by atoms with Crippen LogP contribution in [0.1, 0.15) is 21.9 Å². The van der Waals surface area contributed by atoms with Gasteiger partial charge in [0.05, 0.1) is 11.8 Å². The van der Waals surface area contributed by atoms with Crippen molar-refractivity contribution in [3.8, 4) is 5.75 Å². The van der Waals surface area contributed by atoms with Crippen LogP contribution in [-0.2, 0) is 0 Å². The van der Waals surface area contributed by atoms with E-state index in [1.807, 2.05) is 6.92 Å². The van der Waals surface area contributed by atoms with Crippen molar-refractivity contribution < 1.29 is 14.3 Å². The van der Waals surface area contributed by atoms with Crippen molar-refractivity contribution in [3.63, 3.8) is 0 Å². The lowest BCUT2D eigenvalue weighted by molar-refractivity contribution is 0.0952. The van der Waals surface area contributed by atoms with Crippen LogP contribution in [0.15, 0.2) is 39.9 Å². The third-order valence-corrected chi connectivity index (χ3v) is 2.56. The van der Waals surface area contributed by atoms with E-state index in [4.69, 9.17) is 16.0 Å². The molecule has 0 fully saturated rings. The van der Waals surface area contributed by atoms with Crippen molar-refractivity contribution in [2.24, 2.45) is 5.10 Å². The fourth-order valence-corrected chi connectivity index (χ4v) is 1.60. The average Bonchev–Trinajstić information content (AvgIpc) is 2.75. The van der Waals surface area contributed by atoms with Crippen LogP contribution < -0.4 is 5.43 Å². The first kappa shape index (κ1) is 13.2. The lowest BCUT2D eigenvalue weighted by atomic mass is 10.2. The summed E-state index contributed by atoms with van der Waals surface area (Å²) in [6.07, 6.45) is 1.37. The van der Waals surface area contributed by atoms with Crippen molar-refractivity contribution in [2.75, 3.05) is 0 Å². The molecule has 2 aromatic rings. The number of furan rings is 1. The maximum atomic E-state index is 11.7. The molecule has 1 aromatic heterocycles. The Morgan fingerprint density at radius 3 is 2.84 bits per heavy atom. The average molecular weight is 279 g/mol. The van der Waals surface area contributed by atoms with Gasteiger partial charge in [0.15, 0.2) is 0 Å². The van der Waals surface area contributed by atoms with E-state index in [9.17, 15) is 9.90 Å². The molecule has 2 N–H and O–H groups in total. The molecule has 1 heterocycles. The fraction of sp³-hybridized carbons (Fsp3) is 0.0769. The lowest BCUT2D eigenvalue weighted by Gasteiger charge is -2.02. The molecule has 0 saturated heterocycles. The van der Waals surface area contributed by atoms with Crippen molar-refractivity contribution in [3.05, 3.63) is 52.4 Å². The van der Waals surface area contributed by atoms with Gasteiger partial charge < -0.3 is 9.52 Å². The summed E-state index contributed by atoms with van der Waals surface area (Å²) in [5.74, 6) is 0.545. The summed E-state index contributed by atoms with van der Waals surface area (Å²) in [6, 6.07) is 7.73. The fourth-order valence-electron chi connectivity index (χ4n) is 1.43. The van der Waals surface area contributed by atoms with Crippen LogP contribution in [0, 0.1) is 6.92 Å². The first-order valence-corrected chi connectivity index (χ1v) is 5.82. The van der Waals surface area contributed by atoms with E-state index in [1.165, 1.54) is 24.4 Å². The van der Waals surface area contributed by atoms with Gasteiger partial charge in [-0.25, -0.2) is 5.43 Å². The molecular weight excluding hydrogens is 268 g/mol. The van der Waals surface area contributed by atoms with Crippen molar-refractivity contribution in [1.82, 2.24) is 5.43 Å². The minimum atomic E-state index is -0.534. The Morgan fingerprint density at radius 1 is 1.42 bits per heavy atom. The van der Waals surface area contributed by atoms with Gasteiger partial charge in [-0.3, -0.25) is 4.79 Å².